The molecule has 90 valence electrons. The zero-order valence-electron chi connectivity index (χ0n) is 9.06. The maximum Gasteiger partial charge on any atom is 0.343 e. The van der Waals surface area contributed by atoms with Crippen molar-refractivity contribution in [3.05, 3.63) is 21.3 Å². The minimum Gasteiger partial charge on any atom is -0.372 e. The van der Waals surface area contributed by atoms with Crippen molar-refractivity contribution in [3.63, 3.8) is 0 Å². The van der Waals surface area contributed by atoms with E-state index in [0.29, 0.717) is 16.0 Å². The number of rotatable bonds is 3. The Kier molecular flexibility index (Phi) is 3.48. The standard InChI is InChI=1S/C8H9BrN6OS/c1-10-5-4(9)6(12-3-11-5)17-8-14-13-7(16)15(8)2/h3H,1-2H3,(H,13,16)(H,10,11,12). The summed E-state index contributed by atoms with van der Waals surface area (Å²) in [5.74, 6) is 0.683. The summed E-state index contributed by atoms with van der Waals surface area (Å²) in [4.78, 5) is 19.4. The van der Waals surface area contributed by atoms with E-state index in [2.05, 4.69) is 41.4 Å². The minimum absolute atomic E-state index is 0.258. The summed E-state index contributed by atoms with van der Waals surface area (Å²) in [6.07, 6.45) is 1.45. The van der Waals surface area contributed by atoms with Gasteiger partial charge >= 0.3 is 5.69 Å². The van der Waals surface area contributed by atoms with Crippen LogP contribution in [0.3, 0.4) is 0 Å². The molecule has 0 aliphatic rings. The summed E-state index contributed by atoms with van der Waals surface area (Å²) in [6.45, 7) is 0. The Morgan fingerprint density at radius 2 is 2.29 bits per heavy atom. The second-order valence-electron chi connectivity index (χ2n) is 3.06. The summed E-state index contributed by atoms with van der Waals surface area (Å²) < 4.78 is 2.15. The Balaban J connectivity index is 2.36. The molecule has 0 amide bonds. The van der Waals surface area contributed by atoms with Crippen molar-refractivity contribution >= 4 is 33.5 Å². The first-order valence-electron chi connectivity index (χ1n) is 4.61. The number of halogens is 1. The molecule has 0 atom stereocenters. The molecule has 0 saturated heterocycles. The molecule has 2 aromatic heterocycles. The predicted molar refractivity (Wildman–Crippen MR) is 67.2 cm³/mol. The maximum atomic E-state index is 11.2. The van der Waals surface area contributed by atoms with Crippen LogP contribution in [0.4, 0.5) is 5.82 Å². The summed E-state index contributed by atoms with van der Waals surface area (Å²) >= 11 is 4.67. The third kappa shape index (κ3) is 2.34. The van der Waals surface area contributed by atoms with Crippen molar-refractivity contribution in [2.24, 2.45) is 7.05 Å². The minimum atomic E-state index is -0.258. The second-order valence-corrected chi connectivity index (χ2v) is 4.81. The highest BCUT2D eigenvalue weighted by Gasteiger charge is 2.12. The van der Waals surface area contributed by atoms with E-state index in [0.717, 1.165) is 4.47 Å². The van der Waals surface area contributed by atoms with Crippen LogP contribution in [-0.2, 0) is 7.05 Å². The molecule has 0 fully saturated rings. The van der Waals surface area contributed by atoms with Gasteiger partial charge in [0.25, 0.3) is 0 Å². The lowest BCUT2D eigenvalue weighted by Gasteiger charge is -2.05. The molecule has 2 aromatic rings. The van der Waals surface area contributed by atoms with Gasteiger partial charge in [0.1, 0.15) is 17.2 Å². The second kappa shape index (κ2) is 4.88. The van der Waals surface area contributed by atoms with Crippen LogP contribution < -0.4 is 11.0 Å². The van der Waals surface area contributed by atoms with E-state index in [4.69, 9.17) is 0 Å². The highest BCUT2D eigenvalue weighted by Crippen LogP contribution is 2.32. The van der Waals surface area contributed by atoms with Crippen molar-refractivity contribution < 1.29 is 0 Å². The van der Waals surface area contributed by atoms with Gasteiger partial charge in [0, 0.05) is 14.1 Å². The summed E-state index contributed by atoms with van der Waals surface area (Å²) in [6, 6.07) is 0. The van der Waals surface area contributed by atoms with Crippen LogP contribution in [-0.4, -0.2) is 31.8 Å². The molecule has 0 unspecified atom stereocenters. The van der Waals surface area contributed by atoms with Crippen LogP contribution >= 0.6 is 27.7 Å². The molecular formula is C8H9BrN6OS. The summed E-state index contributed by atoms with van der Waals surface area (Å²) in [7, 11) is 3.41. The van der Waals surface area contributed by atoms with E-state index in [-0.39, 0.29) is 5.69 Å². The van der Waals surface area contributed by atoms with Crippen LogP contribution in [0.2, 0.25) is 0 Å². The fourth-order valence-corrected chi connectivity index (χ4v) is 2.53. The van der Waals surface area contributed by atoms with Gasteiger partial charge in [-0.15, -0.1) is 5.10 Å². The average molecular weight is 317 g/mol. The van der Waals surface area contributed by atoms with Crippen molar-refractivity contribution in [1.82, 2.24) is 24.7 Å². The number of anilines is 1. The van der Waals surface area contributed by atoms with Gasteiger partial charge < -0.3 is 5.32 Å². The Morgan fingerprint density at radius 1 is 1.53 bits per heavy atom. The first-order chi connectivity index (χ1) is 8.13. The third-order valence-electron chi connectivity index (χ3n) is 2.02. The van der Waals surface area contributed by atoms with Gasteiger partial charge in [-0.25, -0.2) is 19.9 Å². The lowest BCUT2D eigenvalue weighted by molar-refractivity contribution is 0.764. The zero-order valence-corrected chi connectivity index (χ0v) is 11.5. The SMILES string of the molecule is CNc1ncnc(Sc2n[nH]c(=O)n2C)c1Br. The molecule has 2 N–H and O–H groups in total. The van der Waals surface area contributed by atoms with Gasteiger partial charge in [-0.3, -0.25) is 4.57 Å². The topological polar surface area (TPSA) is 88.5 Å². The number of aromatic amines is 1. The Morgan fingerprint density at radius 3 is 2.88 bits per heavy atom. The van der Waals surface area contributed by atoms with Crippen LogP contribution in [0.15, 0.2) is 25.8 Å². The zero-order chi connectivity index (χ0) is 12.4. The van der Waals surface area contributed by atoms with Crippen LogP contribution in [0.1, 0.15) is 0 Å². The lowest BCUT2D eigenvalue weighted by Crippen LogP contribution is -2.12. The van der Waals surface area contributed by atoms with Gasteiger partial charge in [-0.2, -0.15) is 0 Å². The van der Waals surface area contributed by atoms with E-state index >= 15 is 0 Å². The summed E-state index contributed by atoms with van der Waals surface area (Å²) in [5, 5.41) is 10.4. The van der Waals surface area contributed by atoms with Crippen molar-refractivity contribution in [2.45, 2.75) is 10.2 Å². The number of hydrogen-bond acceptors (Lipinski definition) is 6. The molecule has 2 rings (SSSR count). The summed E-state index contributed by atoms with van der Waals surface area (Å²) in [5.41, 5.74) is -0.258. The van der Waals surface area contributed by atoms with E-state index in [1.807, 2.05) is 0 Å². The molecule has 0 radical (unpaired) electrons. The molecule has 2 heterocycles. The number of nitrogens with one attached hydrogen (secondary N) is 2. The molecular weight excluding hydrogens is 308 g/mol. The van der Waals surface area contributed by atoms with Gasteiger partial charge in [0.15, 0.2) is 5.16 Å². The number of H-pyrrole nitrogens is 1. The van der Waals surface area contributed by atoms with E-state index in [1.54, 1.807) is 14.1 Å². The van der Waals surface area contributed by atoms with Gasteiger partial charge in [-0.1, -0.05) is 0 Å². The molecule has 0 bridgehead atoms. The largest absolute Gasteiger partial charge is 0.372 e. The number of aromatic nitrogens is 5. The molecule has 7 nitrogen and oxygen atoms in total. The van der Waals surface area contributed by atoms with E-state index in [9.17, 15) is 4.79 Å². The molecule has 9 heteroatoms. The van der Waals surface area contributed by atoms with Gasteiger partial charge in [0.2, 0.25) is 0 Å². The molecule has 0 aliphatic carbocycles. The highest BCUT2D eigenvalue weighted by molar-refractivity contribution is 9.10. The Bertz CT molecular complexity index is 594. The normalized spacial score (nSPS) is 10.5. The quantitative estimate of drug-likeness (QED) is 0.816. The van der Waals surface area contributed by atoms with Crippen molar-refractivity contribution in [2.75, 3.05) is 12.4 Å². The van der Waals surface area contributed by atoms with Crippen molar-refractivity contribution in [1.29, 1.82) is 0 Å². The fraction of sp³-hybridized carbons (Fsp3) is 0.250. The van der Waals surface area contributed by atoms with Crippen LogP contribution in [0.5, 0.6) is 0 Å². The smallest absolute Gasteiger partial charge is 0.343 e. The lowest BCUT2D eigenvalue weighted by atomic mass is 10.6. The third-order valence-corrected chi connectivity index (χ3v) is 4.09. The van der Waals surface area contributed by atoms with Crippen molar-refractivity contribution in [3.8, 4) is 0 Å². The van der Waals surface area contributed by atoms with Crippen LogP contribution in [0, 0.1) is 0 Å². The molecule has 17 heavy (non-hydrogen) atoms. The Labute approximate surface area is 109 Å². The highest BCUT2D eigenvalue weighted by atomic mass is 79.9. The molecule has 0 aliphatic heterocycles. The first-order valence-corrected chi connectivity index (χ1v) is 6.22. The van der Waals surface area contributed by atoms with E-state index < -0.39 is 0 Å². The first kappa shape index (κ1) is 12.1. The predicted octanol–water partition coefficient (Wildman–Crippen LogP) is 0.854. The number of nitrogens with zero attached hydrogens (tertiary/aromatic N) is 4. The van der Waals surface area contributed by atoms with Crippen LogP contribution in [0.25, 0.3) is 0 Å². The molecule has 0 spiro atoms. The maximum absolute atomic E-state index is 11.2. The number of hydrogen-bond donors (Lipinski definition) is 2. The van der Waals surface area contributed by atoms with Gasteiger partial charge in [-0.05, 0) is 27.7 Å². The van der Waals surface area contributed by atoms with E-state index in [1.165, 1.54) is 22.7 Å². The molecule has 0 aromatic carbocycles. The van der Waals surface area contributed by atoms with Gasteiger partial charge in [0.05, 0.1) is 4.47 Å². The Hall–Kier alpha value is -1.35. The monoisotopic (exact) mass is 316 g/mol. The fourth-order valence-electron chi connectivity index (χ4n) is 1.11. The average Bonchev–Trinajstić information content (AvgIpc) is 2.64. The molecule has 0 saturated carbocycles.